The molecule has 1 fully saturated rings. The van der Waals surface area contributed by atoms with Crippen LogP contribution in [0.4, 0.5) is 0 Å². The summed E-state index contributed by atoms with van der Waals surface area (Å²) < 4.78 is 5.37. The SMILES string of the molecule is CN(Cc1cccc(C(=O)O)n1)Cc1noc(C2CCCC2)n1. The van der Waals surface area contributed by atoms with Gasteiger partial charge in [0.1, 0.15) is 5.69 Å². The van der Waals surface area contributed by atoms with E-state index < -0.39 is 5.97 Å². The highest BCUT2D eigenvalue weighted by Crippen LogP contribution is 2.32. The quantitative estimate of drug-likeness (QED) is 0.875. The summed E-state index contributed by atoms with van der Waals surface area (Å²) in [6.45, 7) is 1.06. The van der Waals surface area contributed by atoms with Gasteiger partial charge in [0.2, 0.25) is 5.89 Å². The second-order valence-corrected chi connectivity index (χ2v) is 6.02. The molecule has 1 aliphatic rings. The third kappa shape index (κ3) is 3.92. The summed E-state index contributed by atoms with van der Waals surface area (Å²) >= 11 is 0. The molecule has 3 rings (SSSR count). The van der Waals surface area contributed by atoms with Crippen LogP contribution in [0.15, 0.2) is 22.7 Å². The first-order chi connectivity index (χ1) is 11.1. The minimum absolute atomic E-state index is 0.0546. The first kappa shape index (κ1) is 15.6. The van der Waals surface area contributed by atoms with Crippen molar-refractivity contribution in [3.05, 3.63) is 41.3 Å². The van der Waals surface area contributed by atoms with Crippen LogP contribution in [0.25, 0.3) is 0 Å². The van der Waals surface area contributed by atoms with E-state index in [1.807, 2.05) is 18.0 Å². The summed E-state index contributed by atoms with van der Waals surface area (Å²) in [5.74, 6) is 0.796. The Kier molecular flexibility index (Phi) is 4.66. The Balaban J connectivity index is 1.59. The highest BCUT2D eigenvalue weighted by atomic mass is 16.5. The van der Waals surface area contributed by atoms with Crippen LogP contribution in [-0.2, 0) is 13.1 Å². The molecular formula is C16H20N4O3. The Bertz CT molecular complexity index is 679. The number of hydrogen-bond donors (Lipinski definition) is 1. The van der Waals surface area contributed by atoms with Gasteiger partial charge in [-0.05, 0) is 32.0 Å². The molecule has 0 saturated heterocycles. The van der Waals surface area contributed by atoms with Gasteiger partial charge in [0.05, 0.1) is 12.2 Å². The molecule has 7 heteroatoms. The Morgan fingerprint density at radius 1 is 1.30 bits per heavy atom. The molecule has 1 saturated carbocycles. The topological polar surface area (TPSA) is 92.4 Å². The van der Waals surface area contributed by atoms with Gasteiger partial charge in [0, 0.05) is 12.5 Å². The van der Waals surface area contributed by atoms with E-state index in [1.54, 1.807) is 6.07 Å². The maximum Gasteiger partial charge on any atom is 0.354 e. The van der Waals surface area contributed by atoms with Crippen molar-refractivity contribution < 1.29 is 14.4 Å². The standard InChI is InChI=1S/C16H20N4O3/c1-20(9-12-7-4-8-13(17-12)16(21)22)10-14-18-15(23-19-14)11-5-2-3-6-11/h4,7-8,11H,2-3,5-6,9-10H2,1H3,(H,21,22). The van der Waals surface area contributed by atoms with Gasteiger partial charge in [-0.15, -0.1) is 0 Å². The van der Waals surface area contributed by atoms with Gasteiger partial charge in [-0.3, -0.25) is 4.90 Å². The van der Waals surface area contributed by atoms with E-state index in [0.717, 1.165) is 18.7 Å². The fraction of sp³-hybridized carbons (Fsp3) is 0.500. The summed E-state index contributed by atoms with van der Waals surface area (Å²) in [7, 11) is 1.92. The Hall–Kier alpha value is -2.28. The van der Waals surface area contributed by atoms with Crippen molar-refractivity contribution in [2.24, 2.45) is 0 Å². The molecule has 1 aliphatic carbocycles. The molecule has 7 nitrogen and oxygen atoms in total. The summed E-state index contributed by atoms with van der Waals surface area (Å²) in [4.78, 5) is 21.5. The molecule has 2 aromatic rings. The second kappa shape index (κ2) is 6.87. The largest absolute Gasteiger partial charge is 0.477 e. The van der Waals surface area contributed by atoms with Crippen LogP contribution in [-0.4, -0.2) is 38.1 Å². The highest BCUT2D eigenvalue weighted by Gasteiger charge is 2.23. The lowest BCUT2D eigenvalue weighted by molar-refractivity contribution is 0.0690. The van der Waals surface area contributed by atoms with Gasteiger partial charge in [0.25, 0.3) is 0 Å². The van der Waals surface area contributed by atoms with E-state index in [9.17, 15) is 4.79 Å². The fourth-order valence-electron chi connectivity index (χ4n) is 2.93. The molecule has 0 aromatic carbocycles. The number of carboxylic acid groups (broad SMARTS) is 1. The predicted octanol–water partition coefficient (Wildman–Crippen LogP) is 2.45. The molecule has 0 radical (unpaired) electrons. The van der Waals surface area contributed by atoms with Crippen molar-refractivity contribution in [1.29, 1.82) is 0 Å². The fourth-order valence-corrected chi connectivity index (χ4v) is 2.93. The molecule has 0 unspecified atom stereocenters. The minimum Gasteiger partial charge on any atom is -0.477 e. The number of rotatable bonds is 6. The monoisotopic (exact) mass is 316 g/mol. The molecule has 0 bridgehead atoms. The number of nitrogens with zero attached hydrogens (tertiary/aromatic N) is 4. The molecule has 1 N–H and O–H groups in total. The van der Waals surface area contributed by atoms with Crippen LogP contribution in [0.5, 0.6) is 0 Å². The van der Waals surface area contributed by atoms with Gasteiger partial charge >= 0.3 is 5.97 Å². The minimum atomic E-state index is -1.02. The van der Waals surface area contributed by atoms with Crippen LogP contribution >= 0.6 is 0 Å². The third-order valence-electron chi connectivity index (χ3n) is 4.06. The van der Waals surface area contributed by atoms with E-state index in [2.05, 4.69) is 15.1 Å². The van der Waals surface area contributed by atoms with E-state index >= 15 is 0 Å². The highest BCUT2D eigenvalue weighted by molar-refractivity contribution is 5.85. The van der Waals surface area contributed by atoms with Crippen molar-refractivity contribution in [2.75, 3.05) is 7.05 Å². The van der Waals surface area contributed by atoms with Crippen molar-refractivity contribution in [3.8, 4) is 0 Å². The Morgan fingerprint density at radius 3 is 2.83 bits per heavy atom. The van der Waals surface area contributed by atoms with Gasteiger partial charge in [-0.25, -0.2) is 9.78 Å². The predicted molar refractivity (Wildman–Crippen MR) is 81.9 cm³/mol. The zero-order valence-corrected chi connectivity index (χ0v) is 13.1. The van der Waals surface area contributed by atoms with Crippen LogP contribution in [0.1, 0.15) is 59.5 Å². The third-order valence-corrected chi connectivity index (χ3v) is 4.06. The molecular weight excluding hydrogens is 296 g/mol. The summed E-state index contributed by atoms with van der Waals surface area (Å²) in [5.41, 5.74) is 0.755. The molecule has 2 heterocycles. The van der Waals surface area contributed by atoms with E-state index in [1.165, 1.54) is 18.9 Å². The maximum absolute atomic E-state index is 11.0. The lowest BCUT2D eigenvalue weighted by Crippen LogP contribution is -2.19. The van der Waals surface area contributed by atoms with Crippen LogP contribution in [0, 0.1) is 0 Å². The van der Waals surface area contributed by atoms with Crippen molar-refractivity contribution in [1.82, 2.24) is 20.0 Å². The van der Waals surface area contributed by atoms with Crippen LogP contribution in [0.3, 0.4) is 0 Å². The Labute approximate surface area is 134 Å². The molecule has 23 heavy (non-hydrogen) atoms. The molecule has 0 spiro atoms. The number of aromatic nitrogens is 3. The van der Waals surface area contributed by atoms with Gasteiger partial charge in [-0.1, -0.05) is 24.1 Å². The number of aromatic carboxylic acids is 1. The van der Waals surface area contributed by atoms with Gasteiger partial charge in [-0.2, -0.15) is 4.98 Å². The lowest BCUT2D eigenvalue weighted by Gasteiger charge is -2.13. The lowest BCUT2D eigenvalue weighted by atomic mass is 10.1. The van der Waals surface area contributed by atoms with Crippen LogP contribution in [0.2, 0.25) is 0 Å². The molecule has 0 amide bonds. The first-order valence-electron chi connectivity index (χ1n) is 7.82. The summed E-state index contributed by atoms with van der Waals surface area (Å²) in [6.07, 6.45) is 4.72. The molecule has 0 atom stereocenters. The van der Waals surface area contributed by atoms with E-state index in [0.29, 0.717) is 30.5 Å². The number of hydrogen-bond acceptors (Lipinski definition) is 6. The maximum atomic E-state index is 11.0. The first-order valence-corrected chi connectivity index (χ1v) is 7.82. The van der Waals surface area contributed by atoms with Crippen molar-refractivity contribution >= 4 is 5.97 Å². The van der Waals surface area contributed by atoms with Gasteiger partial charge < -0.3 is 9.63 Å². The van der Waals surface area contributed by atoms with E-state index in [4.69, 9.17) is 9.63 Å². The molecule has 0 aliphatic heterocycles. The number of carboxylic acids is 1. The summed E-state index contributed by atoms with van der Waals surface area (Å²) in [5, 5.41) is 13.0. The van der Waals surface area contributed by atoms with Crippen molar-refractivity contribution in [3.63, 3.8) is 0 Å². The molecule has 2 aromatic heterocycles. The Morgan fingerprint density at radius 2 is 2.09 bits per heavy atom. The normalized spacial score (nSPS) is 15.4. The average Bonchev–Trinajstić information content (AvgIpc) is 3.18. The van der Waals surface area contributed by atoms with Gasteiger partial charge in [0.15, 0.2) is 5.82 Å². The number of carbonyl (C=O) groups is 1. The average molecular weight is 316 g/mol. The van der Waals surface area contributed by atoms with Crippen LogP contribution < -0.4 is 0 Å². The second-order valence-electron chi connectivity index (χ2n) is 6.02. The summed E-state index contributed by atoms with van der Waals surface area (Å²) in [6, 6.07) is 4.99. The number of pyridine rings is 1. The smallest absolute Gasteiger partial charge is 0.354 e. The molecule has 122 valence electrons. The zero-order valence-electron chi connectivity index (χ0n) is 13.1. The van der Waals surface area contributed by atoms with E-state index in [-0.39, 0.29) is 5.69 Å². The van der Waals surface area contributed by atoms with Crippen molar-refractivity contribution in [2.45, 2.75) is 44.7 Å². The zero-order chi connectivity index (χ0) is 16.2.